The van der Waals surface area contributed by atoms with Crippen LogP contribution in [0.4, 0.5) is 11.4 Å². The molecule has 148 valence electrons. The summed E-state index contributed by atoms with van der Waals surface area (Å²) in [4.78, 5) is 24.7. The van der Waals surface area contributed by atoms with Crippen molar-refractivity contribution in [3.63, 3.8) is 0 Å². The zero-order chi connectivity index (χ0) is 20.1. The van der Waals surface area contributed by atoms with Crippen LogP contribution in [-0.4, -0.2) is 24.5 Å². The number of anilines is 2. The monoisotopic (exact) mass is 382 g/mol. The molecule has 0 aromatic heterocycles. The van der Waals surface area contributed by atoms with E-state index in [0.717, 1.165) is 11.5 Å². The summed E-state index contributed by atoms with van der Waals surface area (Å²) in [6.07, 6.45) is 0.657. The van der Waals surface area contributed by atoms with Gasteiger partial charge in [-0.15, -0.1) is 0 Å². The number of amides is 2. The van der Waals surface area contributed by atoms with E-state index in [1.807, 2.05) is 45.0 Å². The zero-order valence-corrected chi connectivity index (χ0v) is 16.4. The molecule has 6 heteroatoms. The molecule has 0 saturated heterocycles. The first-order valence-electron chi connectivity index (χ1n) is 9.57. The van der Waals surface area contributed by atoms with E-state index < -0.39 is 0 Å². The van der Waals surface area contributed by atoms with Crippen molar-refractivity contribution in [1.82, 2.24) is 0 Å². The SMILES string of the molecule is CCOc1ccc(NC(=O)C2CC2C(=O)Nc2ccc(OC(C)C)cc2)cc1. The Labute approximate surface area is 165 Å². The van der Waals surface area contributed by atoms with E-state index >= 15 is 0 Å². The van der Waals surface area contributed by atoms with Gasteiger partial charge in [-0.25, -0.2) is 0 Å². The molecule has 0 radical (unpaired) electrons. The Hall–Kier alpha value is -3.02. The van der Waals surface area contributed by atoms with Gasteiger partial charge < -0.3 is 20.1 Å². The Balaban J connectivity index is 1.48. The minimum atomic E-state index is -0.297. The number of nitrogens with one attached hydrogen (secondary N) is 2. The summed E-state index contributed by atoms with van der Waals surface area (Å²) in [6.45, 7) is 6.43. The highest BCUT2D eigenvalue weighted by Crippen LogP contribution is 2.40. The van der Waals surface area contributed by atoms with Crippen LogP contribution >= 0.6 is 0 Å². The Kier molecular flexibility index (Phi) is 6.19. The first kappa shape index (κ1) is 19.7. The third kappa shape index (κ3) is 5.25. The lowest BCUT2D eigenvalue weighted by atomic mass is 10.2. The highest BCUT2D eigenvalue weighted by Gasteiger charge is 2.48. The molecule has 2 atom stereocenters. The Bertz CT molecular complexity index is 815. The maximum absolute atomic E-state index is 12.4. The predicted octanol–water partition coefficient (Wildman–Crippen LogP) is 4.09. The smallest absolute Gasteiger partial charge is 0.228 e. The molecule has 0 heterocycles. The van der Waals surface area contributed by atoms with E-state index in [2.05, 4.69) is 10.6 Å². The van der Waals surface area contributed by atoms with Crippen molar-refractivity contribution in [3.05, 3.63) is 48.5 Å². The fourth-order valence-corrected chi connectivity index (χ4v) is 2.93. The lowest BCUT2D eigenvalue weighted by Crippen LogP contribution is -2.20. The normalized spacial score (nSPS) is 17.7. The lowest BCUT2D eigenvalue weighted by Gasteiger charge is -2.10. The quantitative estimate of drug-likeness (QED) is 0.721. The largest absolute Gasteiger partial charge is 0.494 e. The van der Waals surface area contributed by atoms with Gasteiger partial charge in [-0.3, -0.25) is 9.59 Å². The molecule has 0 aliphatic heterocycles. The Morgan fingerprint density at radius 1 is 0.893 bits per heavy atom. The number of carbonyl (C=O) groups excluding carboxylic acids is 2. The molecule has 2 unspecified atom stereocenters. The van der Waals surface area contributed by atoms with E-state index in [4.69, 9.17) is 9.47 Å². The summed E-state index contributed by atoms with van der Waals surface area (Å²) >= 11 is 0. The van der Waals surface area contributed by atoms with Crippen LogP contribution in [0.15, 0.2) is 48.5 Å². The maximum Gasteiger partial charge on any atom is 0.228 e. The lowest BCUT2D eigenvalue weighted by molar-refractivity contribution is -0.122. The van der Waals surface area contributed by atoms with E-state index in [1.54, 1.807) is 24.3 Å². The summed E-state index contributed by atoms with van der Waals surface area (Å²) < 4.78 is 11.0. The van der Waals surface area contributed by atoms with Crippen LogP contribution in [0, 0.1) is 11.8 Å². The van der Waals surface area contributed by atoms with Crippen molar-refractivity contribution in [2.75, 3.05) is 17.2 Å². The minimum absolute atomic E-state index is 0.0987. The summed E-state index contributed by atoms with van der Waals surface area (Å²) in [7, 11) is 0. The number of benzene rings is 2. The molecule has 3 rings (SSSR count). The molecule has 6 nitrogen and oxygen atoms in total. The van der Waals surface area contributed by atoms with Crippen molar-refractivity contribution < 1.29 is 19.1 Å². The second kappa shape index (κ2) is 8.78. The number of carbonyl (C=O) groups is 2. The van der Waals surface area contributed by atoms with E-state index in [9.17, 15) is 9.59 Å². The van der Waals surface area contributed by atoms with Crippen LogP contribution in [0.5, 0.6) is 11.5 Å². The standard InChI is InChI=1S/C22H26N2O4/c1-4-27-17-9-5-15(6-10-17)23-21(25)19-13-20(19)22(26)24-16-7-11-18(12-8-16)28-14(2)3/h5-12,14,19-20H,4,13H2,1-3H3,(H,23,25)(H,24,26). The van der Waals surface area contributed by atoms with Crippen molar-refractivity contribution in [1.29, 1.82) is 0 Å². The topological polar surface area (TPSA) is 76.7 Å². The highest BCUT2D eigenvalue weighted by molar-refractivity contribution is 6.03. The van der Waals surface area contributed by atoms with E-state index in [1.165, 1.54) is 0 Å². The first-order valence-corrected chi connectivity index (χ1v) is 9.57. The third-order valence-corrected chi connectivity index (χ3v) is 4.39. The predicted molar refractivity (Wildman–Crippen MR) is 109 cm³/mol. The van der Waals surface area contributed by atoms with Gasteiger partial charge in [0.1, 0.15) is 11.5 Å². The van der Waals surface area contributed by atoms with Crippen LogP contribution in [0.1, 0.15) is 27.2 Å². The molecular weight excluding hydrogens is 356 g/mol. The molecule has 2 N–H and O–H groups in total. The second-order valence-electron chi connectivity index (χ2n) is 7.08. The molecule has 2 aromatic rings. The molecule has 1 aliphatic carbocycles. The van der Waals surface area contributed by atoms with Gasteiger partial charge >= 0.3 is 0 Å². The fraction of sp³-hybridized carbons (Fsp3) is 0.364. The van der Waals surface area contributed by atoms with Crippen LogP contribution < -0.4 is 20.1 Å². The molecule has 2 aromatic carbocycles. The average Bonchev–Trinajstić information content (AvgIpc) is 3.46. The zero-order valence-electron chi connectivity index (χ0n) is 16.4. The van der Waals surface area contributed by atoms with Crippen LogP contribution in [0.2, 0.25) is 0 Å². The van der Waals surface area contributed by atoms with Crippen molar-refractivity contribution in [2.45, 2.75) is 33.3 Å². The second-order valence-corrected chi connectivity index (χ2v) is 7.08. The molecular formula is C22H26N2O4. The molecule has 0 bridgehead atoms. The van der Waals surface area contributed by atoms with Gasteiger partial charge in [0.05, 0.1) is 24.5 Å². The van der Waals surface area contributed by atoms with Gasteiger partial charge in [0.25, 0.3) is 0 Å². The molecule has 1 saturated carbocycles. The number of ether oxygens (including phenoxy) is 2. The Morgan fingerprint density at radius 3 is 1.79 bits per heavy atom. The maximum atomic E-state index is 12.4. The van der Waals surface area contributed by atoms with Crippen molar-refractivity contribution in [2.24, 2.45) is 11.8 Å². The van der Waals surface area contributed by atoms with Gasteiger partial charge in [0.15, 0.2) is 0 Å². The number of rotatable bonds is 8. The molecule has 1 aliphatic rings. The van der Waals surface area contributed by atoms with Gasteiger partial charge in [0, 0.05) is 11.4 Å². The summed E-state index contributed by atoms with van der Waals surface area (Å²) in [5.74, 6) is 0.653. The van der Waals surface area contributed by atoms with Gasteiger partial charge in [0.2, 0.25) is 11.8 Å². The van der Waals surface area contributed by atoms with E-state index in [-0.39, 0.29) is 29.8 Å². The van der Waals surface area contributed by atoms with Gasteiger partial charge in [-0.2, -0.15) is 0 Å². The number of hydrogen-bond acceptors (Lipinski definition) is 4. The minimum Gasteiger partial charge on any atom is -0.494 e. The third-order valence-electron chi connectivity index (χ3n) is 4.39. The van der Waals surface area contributed by atoms with Gasteiger partial charge in [-0.1, -0.05) is 0 Å². The fourth-order valence-electron chi connectivity index (χ4n) is 2.93. The van der Waals surface area contributed by atoms with Crippen LogP contribution in [0.25, 0.3) is 0 Å². The van der Waals surface area contributed by atoms with E-state index in [0.29, 0.717) is 24.4 Å². The Morgan fingerprint density at radius 2 is 1.36 bits per heavy atom. The summed E-state index contributed by atoms with van der Waals surface area (Å²) in [5, 5.41) is 5.72. The molecule has 28 heavy (non-hydrogen) atoms. The highest BCUT2D eigenvalue weighted by atomic mass is 16.5. The first-order chi connectivity index (χ1) is 13.5. The average molecular weight is 382 g/mol. The summed E-state index contributed by atoms with van der Waals surface area (Å²) in [6, 6.07) is 14.4. The van der Waals surface area contributed by atoms with Gasteiger partial charge in [-0.05, 0) is 75.7 Å². The number of hydrogen-bond donors (Lipinski definition) is 2. The summed E-state index contributed by atoms with van der Waals surface area (Å²) in [5.41, 5.74) is 1.39. The van der Waals surface area contributed by atoms with Crippen LogP contribution in [-0.2, 0) is 9.59 Å². The van der Waals surface area contributed by atoms with Crippen molar-refractivity contribution in [3.8, 4) is 11.5 Å². The molecule has 0 spiro atoms. The molecule has 1 fully saturated rings. The molecule has 2 amide bonds. The van der Waals surface area contributed by atoms with Crippen LogP contribution in [0.3, 0.4) is 0 Å². The van der Waals surface area contributed by atoms with Crippen molar-refractivity contribution >= 4 is 23.2 Å².